The maximum atomic E-state index is 6.76. The van der Waals surface area contributed by atoms with Crippen LogP contribution in [-0.2, 0) is 0 Å². The Hall–Kier alpha value is -6.46. The van der Waals surface area contributed by atoms with Crippen molar-refractivity contribution in [3.05, 3.63) is 176 Å². The van der Waals surface area contributed by atoms with Crippen molar-refractivity contribution in [3.8, 4) is 22.3 Å². The Kier molecular flexibility index (Phi) is 6.69. The maximum Gasteiger partial charge on any atom is 0.143 e. The van der Waals surface area contributed by atoms with Gasteiger partial charge in [-0.2, -0.15) is 0 Å². The van der Waals surface area contributed by atoms with Crippen LogP contribution in [0, 0.1) is 0 Å². The predicted molar refractivity (Wildman–Crippen MR) is 244 cm³/mol. The third-order valence-corrected chi connectivity index (χ3v) is 16.9. The van der Waals surface area contributed by atoms with E-state index < -0.39 is 8.07 Å². The van der Waals surface area contributed by atoms with Gasteiger partial charge in [-0.25, -0.2) is 0 Å². The third kappa shape index (κ3) is 4.48. The first-order chi connectivity index (χ1) is 27.5. The highest BCUT2D eigenvalue weighted by Gasteiger charge is 2.39. The van der Waals surface area contributed by atoms with E-state index in [9.17, 15) is 0 Å². The number of thiophene rings is 1. The molecule has 1 aliphatic heterocycles. The van der Waals surface area contributed by atoms with E-state index in [0.717, 1.165) is 27.6 Å². The number of furan rings is 1. The summed E-state index contributed by atoms with van der Waals surface area (Å²) >= 11 is 1.87. The number of hydrogen-bond acceptors (Lipinski definition) is 3. The van der Waals surface area contributed by atoms with Crippen LogP contribution in [0.1, 0.15) is 0 Å². The molecule has 2 nitrogen and oxygen atoms in total. The Morgan fingerprint density at radius 3 is 2.07 bits per heavy atom. The van der Waals surface area contributed by atoms with Crippen LogP contribution in [0.3, 0.4) is 0 Å². The van der Waals surface area contributed by atoms with Crippen LogP contribution < -0.4 is 15.3 Å². The lowest BCUT2D eigenvalue weighted by atomic mass is 9.98. The van der Waals surface area contributed by atoms with E-state index in [1.54, 1.807) is 0 Å². The molecule has 3 heterocycles. The van der Waals surface area contributed by atoms with Crippen molar-refractivity contribution in [1.82, 2.24) is 0 Å². The molecule has 0 saturated carbocycles. The predicted octanol–water partition coefficient (Wildman–Crippen LogP) is 14.2. The van der Waals surface area contributed by atoms with Gasteiger partial charge in [0, 0.05) is 47.6 Å². The quantitative estimate of drug-likeness (QED) is 0.167. The summed E-state index contributed by atoms with van der Waals surface area (Å²) in [5.74, 6) is 0. The topological polar surface area (TPSA) is 16.4 Å². The summed E-state index contributed by atoms with van der Waals surface area (Å²) in [5, 5.41) is 12.7. The second-order valence-electron chi connectivity index (χ2n) is 15.6. The highest BCUT2D eigenvalue weighted by atomic mass is 32.1. The standard InChI is InChI=1S/C52H35NOSSi/c1-56(2)46-19-8-7-15-39(46)48-41(17-10-20-47(48)56)53(37-26-23-33(24-27-37)36-22-21-32-11-3-4-13-35(32)31-36)42-16-9-18-44-50(42)51-45(55-44)30-29-43-49(51)40-28-25-34-12-5-6-14-38(34)52(40)54-43/h3-31H,1-2H3. The minimum absolute atomic E-state index is 0.923. The molecule has 11 aromatic rings. The summed E-state index contributed by atoms with van der Waals surface area (Å²) in [6.07, 6.45) is 0. The first-order valence-corrected chi connectivity index (χ1v) is 23.2. The molecule has 1 aliphatic rings. The highest BCUT2D eigenvalue weighted by molar-refractivity contribution is 7.26. The molecule has 0 saturated heterocycles. The van der Waals surface area contributed by atoms with E-state index in [2.05, 4.69) is 194 Å². The van der Waals surface area contributed by atoms with Crippen LogP contribution in [0.2, 0.25) is 13.1 Å². The van der Waals surface area contributed by atoms with Crippen molar-refractivity contribution >= 4 is 111 Å². The highest BCUT2D eigenvalue weighted by Crippen LogP contribution is 2.51. The fourth-order valence-electron chi connectivity index (χ4n) is 9.57. The van der Waals surface area contributed by atoms with E-state index in [1.165, 1.54) is 85.7 Å². The second kappa shape index (κ2) is 11.8. The SMILES string of the molecule is C[Si]1(C)c2ccccc2-c2c(N(c3ccc(-c4ccc5ccccc5c4)cc3)c3cccc4sc5ccc6oc7c8ccccc8ccc7c6c5c34)cccc21. The van der Waals surface area contributed by atoms with Gasteiger partial charge < -0.3 is 9.32 Å². The van der Waals surface area contributed by atoms with Gasteiger partial charge in [-0.05, 0) is 97.8 Å². The van der Waals surface area contributed by atoms with Crippen LogP contribution in [0.4, 0.5) is 17.1 Å². The van der Waals surface area contributed by atoms with E-state index in [0.29, 0.717) is 0 Å². The van der Waals surface area contributed by atoms with Crippen LogP contribution in [0.25, 0.3) is 85.9 Å². The van der Waals surface area contributed by atoms with E-state index in [4.69, 9.17) is 4.42 Å². The van der Waals surface area contributed by atoms with Crippen molar-refractivity contribution in [3.63, 3.8) is 0 Å². The van der Waals surface area contributed by atoms with Gasteiger partial charge in [-0.1, -0.05) is 134 Å². The molecule has 0 spiro atoms. The van der Waals surface area contributed by atoms with E-state index >= 15 is 0 Å². The minimum Gasteiger partial charge on any atom is -0.455 e. The molecule has 9 aromatic carbocycles. The molecule has 0 bridgehead atoms. The van der Waals surface area contributed by atoms with E-state index in [1.807, 2.05) is 11.3 Å². The van der Waals surface area contributed by atoms with Crippen LogP contribution >= 0.6 is 11.3 Å². The molecule has 0 atom stereocenters. The number of rotatable bonds is 4. The Balaban J connectivity index is 1.15. The van der Waals surface area contributed by atoms with Gasteiger partial charge in [0.1, 0.15) is 19.2 Å². The Labute approximate surface area is 329 Å². The minimum atomic E-state index is -1.94. The zero-order chi connectivity index (χ0) is 37.1. The Bertz CT molecular complexity index is 3410. The van der Waals surface area contributed by atoms with Crippen LogP contribution in [0.5, 0.6) is 0 Å². The molecule has 4 heteroatoms. The van der Waals surface area contributed by atoms with Crippen molar-refractivity contribution in [1.29, 1.82) is 0 Å². The second-order valence-corrected chi connectivity index (χ2v) is 21.1. The molecule has 0 N–H and O–H groups in total. The molecule has 0 unspecified atom stereocenters. The monoisotopic (exact) mass is 749 g/mol. The van der Waals surface area contributed by atoms with Crippen LogP contribution in [-0.4, -0.2) is 8.07 Å². The van der Waals surface area contributed by atoms with Gasteiger partial charge in [0.05, 0.1) is 11.4 Å². The summed E-state index contributed by atoms with van der Waals surface area (Å²) < 4.78 is 9.29. The zero-order valence-electron chi connectivity index (χ0n) is 31.0. The van der Waals surface area contributed by atoms with Gasteiger partial charge in [-0.3, -0.25) is 0 Å². The molecular weight excluding hydrogens is 715 g/mol. The fraction of sp³-hybridized carbons (Fsp3) is 0.0385. The average Bonchev–Trinajstić information content (AvgIpc) is 3.89. The van der Waals surface area contributed by atoms with Gasteiger partial charge in [-0.15, -0.1) is 11.3 Å². The van der Waals surface area contributed by atoms with Crippen molar-refractivity contribution in [2.24, 2.45) is 0 Å². The number of anilines is 3. The van der Waals surface area contributed by atoms with Crippen molar-refractivity contribution in [2.45, 2.75) is 13.1 Å². The van der Waals surface area contributed by atoms with Gasteiger partial charge >= 0.3 is 0 Å². The van der Waals surface area contributed by atoms with E-state index in [-0.39, 0.29) is 0 Å². The lowest BCUT2D eigenvalue weighted by Crippen LogP contribution is -2.49. The molecule has 12 rings (SSSR count). The first kappa shape index (κ1) is 31.8. The summed E-state index contributed by atoms with van der Waals surface area (Å²) in [4.78, 5) is 2.54. The molecular formula is C52H35NOSSi. The molecule has 264 valence electrons. The van der Waals surface area contributed by atoms with Gasteiger partial charge in [0.15, 0.2) is 0 Å². The molecule has 0 aliphatic carbocycles. The molecule has 0 radical (unpaired) electrons. The Morgan fingerprint density at radius 1 is 0.482 bits per heavy atom. The molecule has 2 aromatic heterocycles. The smallest absolute Gasteiger partial charge is 0.143 e. The number of nitrogens with zero attached hydrogens (tertiary/aromatic N) is 1. The lowest BCUT2D eigenvalue weighted by molar-refractivity contribution is 0.673. The average molecular weight is 750 g/mol. The van der Waals surface area contributed by atoms with Crippen molar-refractivity contribution in [2.75, 3.05) is 4.90 Å². The fourth-order valence-corrected chi connectivity index (χ4v) is 13.8. The number of benzene rings is 9. The third-order valence-electron chi connectivity index (χ3n) is 12.2. The zero-order valence-corrected chi connectivity index (χ0v) is 32.8. The van der Waals surface area contributed by atoms with Gasteiger partial charge in [0.25, 0.3) is 0 Å². The molecule has 0 fully saturated rings. The summed E-state index contributed by atoms with van der Waals surface area (Å²) in [5.41, 5.74) is 10.5. The number of hydrogen-bond donors (Lipinski definition) is 0. The largest absolute Gasteiger partial charge is 0.455 e. The summed E-state index contributed by atoms with van der Waals surface area (Å²) in [7, 11) is -1.94. The molecule has 0 amide bonds. The van der Waals surface area contributed by atoms with Gasteiger partial charge in [0.2, 0.25) is 0 Å². The lowest BCUT2D eigenvalue weighted by Gasteiger charge is -2.29. The maximum absolute atomic E-state index is 6.76. The number of fused-ring (bicyclic) bond motifs is 13. The molecule has 56 heavy (non-hydrogen) atoms. The van der Waals surface area contributed by atoms with Crippen LogP contribution in [0.15, 0.2) is 180 Å². The normalized spacial score (nSPS) is 13.3. The Morgan fingerprint density at radius 2 is 1.18 bits per heavy atom. The summed E-state index contributed by atoms with van der Waals surface area (Å²) in [6, 6.07) is 65.0. The van der Waals surface area contributed by atoms with Crippen molar-refractivity contribution < 1.29 is 4.42 Å². The first-order valence-electron chi connectivity index (χ1n) is 19.3. The summed E-state index contributed by atoms with van der Waals surface area (Å²) in [6.45, 7) is 5.00.